The van der Waals surface area contributed by atoms with Gasteiger partial charge in [-0.3, -0.25) is 9.59 Å². The van der Waals surface area contributed by atoms with Crippen molar-refractivity contribution in [2.45, 2.75) is 12.5 Å². The van der Waals surface area contributed by atoms with E-state index in [1.165, 1.54) is 25.3 Å². The van der Waals surface area contributed by atoms with Crippen LogP contribution in [-0.4, -0.2) is 47.7 Å². The zero-order chi connectivity index (χ0) is 21.2. The summed E-state index contributed by atoms with van der Waals surface area (Å²) in [6, 6.07) is 12.4. The van der Waals surface area contributed by atoms with Gasteiger partial charge in [0.25, 0.3) is 0 Å². The molecule has 0 saturated heterocycles. The Morgan fingerprint density at radius 2 is 1.86 bits per heavy atom. The van der Waals surface area contributed by atoms with Crippen LogP contribution in [0.15, 0.2) is 54.6 Å². The summed E-state index contributed by atoms with van der Waals surface area (Å²) in [6.07, 6.45) is 2.85. The highest BCUT2D eigenvalue weighted by Crippen LogP contribution is 2.26. The Bertz CT molecular complexity index is 895. The van der Waals surface area contributed by atoms with Crippen molar-refractivity contribution in [2.24, 2.45) is 0 Å². The number of carbonyl (C=O) groups excluding carboxylic acids is 2. The van der Waals surface area contributed by atoms with E-state index in [9.17, 15) is 24.6 Å². The molecule has 0 saturated carbocycles. The highest BCUT2D eigenvalue weighted by atomic mass is 16.5. The van der Waals surface area contributed by atoms with Crippen LogP contribution in [-0.2, 0) is 20.8 Å². The first-order chi connectivity index (χ1) is 13.9. The maximum atomic E-state index is 12.0. The molecule has 4 N–H and O–H groups in total. The lowest BCUT2D eigenvalue weighted by atomic mass is 10.1. The van der Waals surface area contributed by atoms with Crippen molar-refractivity contribution in [1.29, 1.82) is 0 Å². The van der Waals surface area contributed by atoms with E-state index in [0.717, 1.165) is 5.56 Å². The smallest absolute Gasteiger partial charge is 0.326 e. The van der Waals surface area contributed by atoms with E-state index in [4.69, 9.17) is 4.74 Å². The molecule has 0 fully saturated rings. The van der Waals surface area contributed by atoms with E-state index in [-0.39, 0.29) is 24.5 Å². The summed E-state index contributed by atoms with van der Waals surface area (Å²) >= 11 is 0. The third-order valence-corrected chi connectivity index (χ3v) is 3.97. The third-order valence-electron chi connectivity index (χ3n) is 3.97. The lowest BCUT2D eigenvalue weighted by Crippen LogP contribution is -2.46. The molecule has 2 amide bonds. The summed E-state index contributed by atoms with van der Waals surface area (Å²) < 4.78 is 4.98. The minimum Gasteiger partial charge on any atom is -0.504 e. The van der Waals surface area contributed by atoms with E-state index in [1.54, 1.807) is 36.4 Å². The molecular formula is C21H22N2O6. The fraction of sp³-hybridized carbons (Fsp3) is 0.190. The Kier molecular flexibility index (Phi) is 7.78. The van der Waals surface area contributed by atoms with Crippen molar-refractivity contribution in [2.75, 3.05) is 13.7 Å². The lowest BCUT2D eigenvalue weighted by molar-refractivity contribution is -0.141. The molecule has 0 spiro atoms. The van der Waals surface area contributed by atoms with E-state index in [2.05, 4.69) is 10.6 Å². The van der Waals surface area contributed by atoms with Crippen LogP contribution in [0.5, 0.6) is 11.5 Å². The number of carboxylic acids is 1. The van der Waals surface area contributed by atoms with Crippen molar-refractivity contribution < 1.29 is 29.3 Å². The molecule has 0 bridgehead atoms. The first kappa shape index (κ1) is 21.5. The number of phenolic OH excluding ortho intramolecular Hbond substituents is 1. The van der Waals surface area contributed by atoms with Gasteiger partial charge in [-0.2, -0.15) is 0 Å². The molecule has 8 nitrogen and oxygen atoms in total. The van der Waals surface area contributed by atoms with Gasteiger partial charge in [0.15, 0.2) is 11.5 Å². The average molecular weight is 398 g/mol. The second kappa shape index (κ2) is 10.5. The van der Waals surface area contributed by atoms with Gasteiger partial charge in [-0.15, -0.1) is 0 Å². The van der Waals surface area contributed by atoms with Crippen LogP contribution in [0.25, 0.3) is 6.08 Å². The first-order valence-corrected chi connectivity index (χ1v) is 8.78. The number of rotatable bonds is 9. The molecule has 2 aromatic rings. The predicted octanol–water partition coefficient (Wildman–Crippen LogP) is 1.34. The molecule has 1 atom stereocenters. The van der Waals surface area contributed by atoms with E-state index in [1.807, 2.05) is 6.07 Å². The van der Waals surface area contributed by atoms with Crippen LogP contribution in [0, 0.1) is 0 Å². The van der Waals surface area contributed by atoms with Crippen LogP contribution in [0.1, 0.15) is 11.1 Å². The third kappa shape index (κ3) is 7.02. The number of phenols is 1. The fourth-order valence-corrected chi connectivity index (χ4v) is 2.49. The molecule has 0 aliphatic carbocycles. The number of aliphatic carboxylic acids is 1. The normalized spacial score (nSPS) is 11.6. The summed E-state index contributed by atoms with van der Waals surface area (Å²) in [6.45, 7) is -0.360. The number of hydrogen-bond donors (Lipinski definition) is 4. The summed E-state index contributed by atoms with van der Waals surface area (Å²) in [7, 11) is 1.41. The Morgan fingerprint density at radius 1 is 1.14 bits per heavy atom. The molecule has 0 aromatic heterocycles. The highest BCUT2D eigenvalue weighted by Gasteiger charge is 2.20. The number of nitrogens with one attached hydrogen (secondary N) is 2. The number of aromatic hydroxyl groups is 1. The van der Waals surface area contributed by atoms with Gasteiger partial charge < -0.3 is 25.6 Å². The number of hydrogen-bond acceptors (Lipinski definition) is 5. The summed E-state index contributed by atoms with van der Waals surface area (Å²) in [4.78, 5) is 35.2. The molecule has 0 radical (unpaired) electrons. The van der Waals surface area contributed by atoms with Gasteiger partial charge in [0.1, 0.15) is 6.04 Å². The molecule has 29 heavy (non-hydrogen) atoms. The number of benzene rings is 2. The minimum atomic E-state index is -1.16. The minimum absolute atomic E-state index is 0.0192. The van der Waals surface area contributed by atoms with Crippen LogP contribution >= 0.6 is 0 Å². The summed E-state index contributed by atoms with van der Waals surface area (Å²) in [5.41, 5.74) is 1.39. The Hall–Kier alpha value is -3.81. The molecule has 0 aliphatic heterocycles. The standard InChI is InChI=1S/C21H22N2O6/c1-29-18-12-15(7-9-17(18)24)8-10-19(25)22-13-20(26)23-16(21(27)28)11-14-5-3-2-4-6-14/h2-10,12,16,24H,11,13H2,1H3,(H,22,25)(H,23,26)(H,27,28)/b10-8+. The average Bonchev–Trinajstić information content (AvgIpc) is 2.71. The van der Waals surface area contributed by atoms with Crippen molar-refractivity contribution in [3.05, 3.63) is 65.7 Å². The van der Waals surface area contributed by atoms with Crippen LogP contribution in [0.4, 0.5) is 0 Å². The maximum Gasteiger partial charge on any atom is 0.326 e. The van der Waals surface area contributed by atoms with Crippen LogP contribution in [0.3, 0.4) is 0 Å². The van der Waals surface area contributed by atoms with Crippen molar-refractivity contribution in [3.63, 3.8) is 0 Å². The van der Waals surface area contributed by atoms with Gasteiger partial charge in [-0.25, -0.2) is 4.79 Å². The molecule has 8 heteroatoms. The van der Waals surface area contributed by atoms with Gasteiger partial charge in [-0.05, 0) is 29.3 Å². The fourth-order valence-electron chi connectivity index (χ4n) is 2.49. The molecule has 2 rings (SSSR count). The second-order valence-electron chi connectivity index (χ2n) is 6.13. The lowest BCUT2D eigenvalue weighted by Gasteiger charge is -2.14. The Balaban J connectivity index is 1.85. The molecule has 2 aromatic carbocycles. The second-order valence-corrected chi connectivity index (χ2v) is 6.13. The Labute approximate surface area is 167 Å². The largest absolute Gasteiger partial charge is 0.504 e. The number of methoxy groups -OCH3 is 1. The zero-order valence-corrected chi connectivity index (χ0v) is 15.8. The van der Waals surface area contributed by atoms with Gasteiger partial charge in [-0.1, -0.05) is 36.4 Å². The van der Waals surface area contributed by atoms with E-state index < -0.39 is 23.8 Å². The highest BCUT2D eigenvalue weighted by molar-refractivity contribution is 5.95. The van der Waals surface area contributed by atoms with E-state index in [0.29, 0.717) is 5.56 Å². The molecular weight excluding hydrogens is 376 g/mol. The van der Waals surface area contributed by atoms with Crippen LogP contribution < -0.4 is 15.4 Å². The summed E-state index contributed by atoms with van der Waals surface area (Å²) in [5.74, 6) is -2.04. The molecule has 152 valence electrons. The molecule has 1 unspecified atom stereocenters. The van der Waals surface area contributed by atoms with Crippen LogP contribution in [0.2, 0.25) is 0 Å². The maximum absolute atomic E-state index is 12.0. The first-order valence-electron chi connectivity index (χ1n) is 8.78. The monoisotopic (exact) mass is 398 g/mol. The van der Waals surface area contributed by atoms with Crippen molar-refractivity contribution in [1.82, 2.24) is 10.6 Å². The zero-order valence-electron chi connectivity index (χ0n) is 15.8. The molecule has 0 heterocycles. The van der Waals surface area contributed by atoms with Crippen molar-refractivity contribution in [3.8, 4) is 11.5 Å². The number of carbonyl (C=O) groups is 3. The number of carboxylic acid groups (broad SMARTS) is 1. The quantitative estimate of drug-likeness (QED) is 0.473. The van der Waals surface area contributed by atoms with E-state index >= 15 is 0 Å². The summed E-state index contributed by atoms with van der Waals surface area (Å²) in [5, 5.41) is 23.6. The predicted molar refractivity (Wildman–Crippen MR) is 106 cm³/mol. The van der Waals surface area contributed by atoms with Gasteiger partial charge in [0, 0.05) is 12.5 Å². The number of ether oxygens (including phenoxy) is 1. The van der Waals surface area contributed by atoms with Gasteiger partial charge >= 0.3 is 5.97 Å². The van der Waals surface area contributed by atoms with Gasteiger partial charge in [0.2, 0.25) is 11.8 Å². The molecule has 0 aliphatic rings. The topological polar surface area (TPSA) is 125 Å². The Morgan fingerprint density at radius 3 is 2.52 bits per heavy atom. The van der Waals surface area contributed by atoms with Gasteiger partial charge in [0.05, 0.1) is 13.7 Å². The SMILES string of the molecule is COc1cc(/C=C/C(=O)NCC(=O)NC(Cc2ccccc2)C(=O)O)ccc1O. The van der Waals surface area contributed by atoms with Crippen molar-refractivity contribution >= 4 is 23.9 Å². The number of amides is 2.